The molecule has 0 aliphatic carbocycles. The standard InChI is InChI=1S/C16H11F2NO2/c17-12-6-11-7-15(19-14(11)8-13(12)18)16(20)21-9-10-4-2-1-3-5-10/h1-8,19H,9H2. The number of carbonyl (C=O) groups excluding carboxylic acids is 1. The Labute approximate surface area is 119 Å². The highest BCUT2D eigenvalue weighted by atomic mass is 19.2. The molecule has 3 rings (SSSR count). The van der Waals surface area contributed by atoms with E-state index in [-0.39, 0.29) is 12.3 Å². The van der Waals surface area contributed by atoms with Crippen LogP contribution in [-0.2, 0) is 11.3 Å². The summed E-state index contributed by atoms with van der Waals surface area (Å²) in [4.78, 5) is 14.6. The van der Waals surface area contributed by atoms with Crippen molar-refractivity contribution in [2.45, 2.75) is 6.61 Å². The number of esters is 1. The Morgan fingerprint density at radius 1 is 1.05 bits per heavy atom. The topological polar surface area (TPSA) is 42.1 Å². The SMILES string of the molecule is O=C(OCc1ccccc1)c1cc2cc(F)c(F)cc2[nH]1. The Morgan fingerprint density at radius 3 is 2.52 bits per heavy atom. The van der Waals surface area contributed by atoms with Gasteiger partial charge in [0.2, 0.25) is 0 Å². The van der Waals surface area contributed by atoms with Gasteiger partial charge in [-0.25, -0.2) is 13.6 Å². The van der Waals surface area contributed by atoms with Crippen molar-refractivity contribution in [1.29, 1.82) is 0 Å². The number of aromatic nitrogens is 1. The van der Waals surface area contributed by atoms with E-state index in [0.29, 0.717) is 10.9 Å². The number of nitrogens with one attached hydrogen (secondary N) is 1. The molecule has 0 bridgehead atoms. The van der Waals surface area contributed by atoms with E-state index in [9.17, 15) is 13.6 Å². The molecule has 106 valence electrons. The largest absolute Gasteiger partial charge is 0.456 e. The van der Waals surface area contributed by atoms with Crippen molar-refractivity contribution in [1.82, 2.24) is 4.98 Å². The van der Waals surface area contributed by atoms with Gasteiger partial charge in [-0.05, 0) is 17.7 Å². The van der Waals surface area contributed by atoms with Crippen LogP contribution < -0.4 is 0 Å². The van der Waals surface area contributed by atoms with Crippen molar-refractivity contribution in [3.8, 4) is 0 Å². The van der Waals surface area contributed by atoms with E-state index >= 15 is 0 Å². The van der Waals surface area contributed by atoms with Crippen LogP contribution in [0.25, 0.3) is 10.9 Å². The lowest BCUT2D eigenvalue weighted by atomic mass is 10.2. The van der Waals surface area contributed by atoms with E-state index in [2.05, 4.69) is 4.98 Å². The molecule has 0 unspecified atom stereocenters. The van der Waals surface area contributed by atoms with Crippen molar-refractivity contribution in [3.63, 3.8) is 0 Å². The van der Waals surface area contributed by atoms with Crippen LogP contribution in [-0.4, -0.2) is 11.0 Å². The zero-order valence-corrected chi connectivity index (χ0v) is 10.9. The number of rotatable bonds is 3. The summed E-state index contributed by atoms with van der Waals surface area (Å²) in [7, 11) is 0. The molecule has 2 aromatic carbocycles. The van der Waals surface area contributed by atoms with Gasteiger partial charge in [0.25, 0.3) is 0 Å². The summed E-state index contributed by atoms with van der Waals surface area (Å²) in [6, 6.07) is 12.7. The molecule has 1 heterocycles. The molecule has 0 aliphatic rings. The lowest BCUT2D eigenvalue weighted by molar-refractivity contribution is 0.0467. The van der Waals surface area contributed by atoms with Gasteiger partial charge in [-0.2, -0.15) is 0 Å². The Bertz CT molecular complexity index is 758. The van der Waals surface area contributed by atoms with Crippen LogP contribution in [0.15, 0.2) is 48.5 Å². The molecule has 0 aliphatic heterocycles. The summed E-state index contributed by atoms with van der Waals surface area (Å²) in [5.74, 6) is -2.49. The maximum atomic E-state index is 13.1. The predicted octanol–water partition coefficient (Wildman–Crippen LogP) is 3.80. The van der Waals surface area contributed by atoms with Gasteiger partial charge in [0.05, 0.1) is 0 Å². The van der Waals surface area contributed by atoms with E-state index < -0.39 is 17.6 Å². The molecule has 0 saturated heterocycles. The molecule has 0 fully saturated rings. The number of carbonyl (C=O) groups is 1. The van der Waals surface area contributed by atoms with E-state index in [1.54, 1.807) is 0 Å². The Morgan fingerprint density at radius 2 is 1.76 bits per heavy atom. The number of fused-ring (bicyclic) bond motifs is 1. The molecule has 5 heteroatoms. The second-order valence-electron chi connectivity index (χ2n) is 4.60. The Balaban J connectivity index is 1.78. The van der Waals surface area contributed by atoms with Gasteiger partial charge in [0.15, 0.2) is 11.6 Å². The molecular formula is C16H11F2NO2. The first-order chi connectivity index (χ1) is 10.1. The number of benzene rings is 2. The fraction of sp³-hybridized carbons (Fsp3) is 0.0625. The Hall–Kier alpha value is -2.69. The van der Waals surface area contributed by atoms with Gasteiger partial charge >= 0.3 is 5.97 Å². The highest BCUT2D eigenvalue weighted by Crippen LogP contribution is 2.20. The van der Waals surface area contributed by atoms with E-state index in [4.69, 9.17) is 4.74 Å². The van der Waals surface area contributed by atoms with Gasteiger partial charge in [-0.15, -0.1) is 0 Å². The predicted molar refractivity (Wildman–Crippen MR) is 73.8 cm³/mol. The van der Waals surface area contributed by atoms with Crippen molar-refractivity contribution in [3.05, 3.63) is 71.4 Å². The van der Waals surface area contributed by atoms with Crippen LogP contribution >= 0.6 is 0 Å². The molecule has 0 atom stereocenters. The van der Waals surface area contributed by atoms with Crippen LogP contribution in [0.5, 0.6) is 0 Å². The molecule has 3 nitrogen and oxygen atoms in total. The Kier molecular flexibility index (Phi) is 3.39. The monoisotopic (exact) mass is 287 g/mol. The van der Waals surface area contributed by atoms with Gasteiger partial charge < -0.3 is 9.72 Å². The maximum Gasteiger partial charge on any atom is 0.355 e. The highest BCUT2D eigenvalue weighted by Gasteiger charge is 2.13. The third-order valence-electron chi connectivity index (χ3n) is 3.09. The van der Waals surface area contributed by atoms with Crippen molar-refractivity contribution in [2.75, 3.05) is 0 Å². The third-order valence-corrected chi connectivity index (χ3v) is 3.09. The van der Waals surface area contributed by atoms with Crippen LogP contribution in [0.1, 0.15) is 16.1 Å². The highest BCUT2D eigenvalue weighted by molar-refractivity contribution is 5.94. The smallest absolute Gasteiger partial charge is 0.355 e. The van der Waals surface area contributed by atoms with Crippen LogP contribution in [0.4, 0.5) is 8.78 Å². The minimum atomic E-state index is -0.964. The molecule has 3 aromatic rings. The van der Waals surface area contributed by atoms with Crippen molar-refractivity contribution < 1.29 is 18.3 Å². The van der Waals surface area contributed by atoms with Crippen LogP contribution in [0.3, 0.4) is 0 Å². The van der Waals surface area contributed by atoms with Crippen LogP contribution in [0, 0.1) is 11.6 Å². The second-order valence-corrected chi connectivity index (χ2v) is 4.60. The molecule has 21 heavy (non-hydrogen) atoms. The first-order valence-electron chi connectivity index (χ1n) is 6.32. The number of ether oxygens (including phenoxy) is 1. The third kappa shape index (κ3) is 2.76. The molecule has 0 saturated carbocycles. The zero-order chi connectivity index (χ0) is 14.8. The fourth-order valence-corrected chi connectivity index (χ4v) is 2.04. The first-order valence-corrected chi connectivity index (χ1v) is 6.32. The summed E-state index contributed by atoms with van der Waals surface area (Å²) < 4.78 is 31.4. The first kappa shape index (κ1) is 13.3. The molecule has 0 radical (unpaired) electrons. The minimum absolute atomic E-state index is 0.137. The average molecular weight is 287 g/mol. The lowest BCUT2D eigenvalue weighted by Crippen LogP contribution is -2.05. The summed E-state index contributed by atoms with van der Waals surface area (Å²) in [5.41, 5.74) is 1.37. The molecule has 0 spiro atoms. The summed E-state index contributed by atoms with van der Waals surface area (Å²) in [5, 5.41) is 0.417. The van der Waals surface area contributed by atoms with Gasteiger partial charge in [-0.1, -0.05) is 30.3 Å². The van der Waals surface area contributed by atoms with Crippen molar-refractivity contribution in [2.24, 2.45) is 0 Å². The second kappa shape index (κ2) is 5.36. The normalized spacial score (nSPS) is 10.8. The summed E-state index contributed by atoms with van der Waals surface area (Å²) >= 11 is 0. The number of hydrogen-bond donors (Lipinski definition) is 1. The number of aromatic amines is 1. The lowest BCUT2D eigenvalue weighted by Gasteiger charge is -2.02. The van der Waals surface area contributed by atoms with Gasteiger partial charge in [0, 0.05) is 17.0 Å². The maximum absolute atomic E-state index is 13.1. The van der Waals surface area contributed by atoms with Crippen LogP contribution in [0.2, 0.25) is 0 Å². The number of H-pyrrole nitrogens is 1. The van der Waals surface area contributed by atoms with Gasteiger partial charge in [0.1, 0.15) is 12.3 Å². The van der Waals surface area contributed by atoms with E-state index in [1.165, 1.54) is 6.07 Å². The summed E-state index contributed by atoms with van der Waals surface area (Å²) in [6.07, 6.45) is 0. The van der Waals surface area contributed by atoms with Crippen molar-refractivity contribution >= 4 is 16.9 Å². The zero-order valence-electron chi connectivity index (χ0n) is 10.9. The fourth-order valence-electron chi connectivity index (χ4n) is 2.04. The quantitative estimate of drug-likeness (QED) is 0.744. The van der Waals surface area contributed by atoms with E-state index in [1.807, 2.05) is 30.3 Å². The molecular weight excluding hydrogens is 276 g/mol. The summed E-state index contributed by atoms with van der Waals surface area (Å²) in [6.45, 7) is 0.137. The molecule has 0 amide bonds. The van der Waals surface area contributed by atoms with Gasteiger partial charge in [-0.3, -0.25) is 0 Å². The molecule has 1 aromatic heterocycles. The molecule has 1 N–H and O–H groups in total. The van der Waals surface area contributed by atoms with E-state index in [0.717, 1.165) is 17.7 Å². The minimum Gasteiger partial charge on any atom is -0.456 e. The number of hydrogen-bond acceptors (Lipinski definition) is 2. The number of halogens is 2. The average Bonchev–Trinajstić information content (AvgIpc) is 2.89.